The van der Waals surface area contributed by atoms with Crippen LogP contribution < -0.4 is 10.6 Å². The van der Waals surface area contributed by atoms with E-state index in [2.05, 4.69) is 0 Å². The fraction of sp³-hybridized carbons (Fsp3) is 0.900. The van der Waals surface area contributed by atoms with Gasteiger partial charge in [-0.3, -0.25) is 4.79 Å². The van der Waals surface area contributed by atoms with E-state index in [9.17, 15) is 72.5 Å². The summed E-state index contributed by atoms with van der Waals surface area (Å²) < 4.78 is 166. The molecule has 3 atom stereocenters. The van der Waals surface area contributed by atoms with Gasteiger partial charge in [0.15, 0.2) is 0 Å². The molecule has 0 aliphatic heterocycles. The van der Waals surface area contributed by atoms with Crippen LogP contribution in [-0.2, 0) is 9.53 Å². The lowest BCUT2D eigenvalue weighted by Gasteiger charge is -2.48. The molecule has 0 aromatic heterocycles. The Bertz CT molecular complexity index is 782. The molecule has 2 amide bonds. The maximum absolute atomic E-state index is 13.4. The Labute approximate surface area is 213 Å². The number of carbonyl (C=O) groups excluding carboxylic acids is 2. The third-order valence-corrected chi connectivity index (χ3v) is 6.60. The van der Waals surface area contributed by atoms with Gasteiger partial charge in [0.25, 0.3) is 11.2 Å². The molecule has 1 aliphatic carbocycles. The number of alkyl halides is 12. The topological polar surface area (TPSA) is 108 Å². The Morgan fingerprint density at radius 2 is 1.18 bits per heavy atom. The van der Waals surface area contributed by atoms with Crippen molar-refractivity contribution in [1.82, 2.24) is 10.6 Å². The van der Waals surface area contributed by atoms with Crippen molar-refractivity contribution < 1.29 is 77.2 Å². The third kappa shape index (κ3) is 7.32. The molecule has 1 saturated carbocycles. The molecular weight excluding hydrogens is 576 g/mol. The minimum absolute atomic E-state index is 0.390. The molecular formula is C20H26F12N2O5. The van der Waals surface area contributed by atoms with Crippen LogP contribution in [0.25, 0.3) is 0 Å². The van der Waals surface area contributed by atoms with Crippen LogP contribution in [0.1, 0.15) is 39.5 Å². The zero-order valence-electron chi connectivity index (χ0n) is 20.2. The summed E-state index contributed by atoms with van der Waals surface area (Å²) >= 11 is 0. The van der Waals surface area contributed by atoms with Crippen LogP contribution >= 0.6 is 0 Å². The Balaban J connectivity index is 3.31. The van der Waals surface area contributed by atoms with E-state index in [1.807, 2.05) is 5.32 Å². The zero-order chi connectivity index (χ0) is 30.8. The zero-order valence-corrected chi connectivity index (χ0v) is 20.2. The van der Waals surface area contributed by atoms with Gasteiger partial charge in [0.2, 0.25) is 0 Å². The van der Waals surface area contributed by atoms with Gasteiger partial charge in [-0.2, -0.15) is 52.7 Å². The number of rotatable bonds is 8. The van der Waals surface area contributed by atoms with E-state index in [1.54, 1.807) is 12.2 Å². The summed E-state index contributed by atoms with van der Waals surface area (Å²) in [6.07, 6.45) is -31.4. The number of ether oxygens (including phenoxy) is 1. The largest absolute Gasteiger partial charge is 0.464 e. The lowest BCUT2D eigenvalue weighted by molar-refractivity contribution is -0.403. The van der Waals surface area contributed by atoms with Gasteiger partial charge in [-0.1, -0.05) is 13.8 Å². The molecule has 0 bridgehead atoms. The summed E-state index contributed by atoms with van der Waals surface area (Å²) in [5.41, 5.74) is -11.6. The van der Waals surface area contributed by atoms with Crippen molar-refractivity contribution in [3.05, 3.63) is 0 Å². The van der Waals surface area contributed by atoms with Crippen molar-refractivity contribution >= 4 is 12.0 Å². The predicted octanol–water partition coefficient (Wildman–Crippen LogP) is 4.37. The highest BCUT2D eigenvalue weighted by molar-refractivity contribution is 5.74. The molecule has 0 saturated heterocycles. The molecule has 230 valence electrons. The molecule has 39 heavy (non-hydrogen) atoms. The smallest absolute Gasteiger partial charge is 0.426 e. The van der Waals surface area contributed by atoms with Crippen molar-refractivity contribution in [2.24, 2.45) is 17.8 Å². The van der Waals surface area contributed by atoms with Crippen molar-refractivity contribution in [1.29, 1.82) is 0 Å². The molecule has 4 N–H and O–H groups in total. The van der Waals surface area contributed by atoms with Crippen LogP contribution in [0.4, 0.5) is 57.5 Å². The molecule has 1 rings (SSSR count). The van der Waals surface area contributed by atoms with Crippen LogP contribution in [-0.4, -0.2) is 77.3 Å². The van der Waals surface area contributed by atoms with Crippen molar-refractivity contribution in [2.45, 2.75) is 81.5 Å². The van der Waals surface area contributed by atoms with E-state index in [1.165, 1.54) is 6.92 Å². The second-order valence-corrected chi connectivity index (χ2v) is 9.20. The Morgan fingerprint density at radius 1 is 0.795 bits per heavy atom. The lowest BCUT2D eigenvalue weighted by atomic mass is 9.65. The van der Waals surface area contributed by atoms with E-state index in [-0.39, 0.29) is 0 Å². The van der Waals surface area contributed by atoms with Crippen LogP contribution in [0.2, 0.25) is 0 Å². The van der Waals surface area contributed by atoms with Crippen LogP contribution in [0, 0.1) is 17.8 Å². The Morgan fingerprint density at radius 3 is 1.51 bits per heavy atom. The van der Waals surface area contributed by atoms with Crippen molar-refractivity contribution in [2.75, 3.05) is 13.2 Å². The molecule has 0 aromatic carbocycles. The molecule has 0 aromatic rings. The Hall–Kier alpha value is -2.18. The van der Waals surface area contributed by atoms with Gasteiger partial charge < -0.3 is 25.6 Å². The predicted molar refractivity (Wildman–Crippen MR) is 106 cm³/mol. The first kappa shape index (κ1) is 34.8. The monoisotopic (exact) mass is 602 g/mol. The average Bonchev–Trinajstić information content (AvgIpc) is 2.76. The first-order valence-electron chi connectivity index (χ1n) is 11.3. The van der Waals surface area contributed by atoms with Gasteiger partial charge in [0.05, 0.1) is 12.5 Å². The van der Waals surface area contributed by atoms with E-state index < -0.39 is 104 Å². The van der Waals surface area contributed by atoms with Gasteiger partial charge in [0.1, 0.15) is 6.61 Å². The first-order valence-corrected chi connectivity index (χ1v) is 11.3. The fourth-order valence-electron chi connectivity index (χ4n) is 4.23. The maximum Gasteiger partial charge on any atom is 0.426 e. The lowest BCUT2D eigenvalue weighted by Crippen LogP contribution is -2.68. The van der Waals surface area contributed by atoms with Crippen molar-refractivity contribution in [3.8, 4) is 0 Å². The van der Waals surface area contributed by atoms with Gasteiger partial charge in [-0.15, -0.1) is 0 Å². The summed E-state index contributed by atoms with van der Waals surface area (Å²) in [4.78, 5) is 23.6. The molecule has 3 unspecified atom stereocenters. The second-order valence-electron chi connectivity index (χ2n) is 9.20. The number of carbonyl (C=O) groups is 2. The van der Waals surface area contributed by atoms with Gasteiger partial charge in [-0.05, 0) is 25.7 Å². The molecule has 0 radical (unpaired) electrons. The molecule has 1 aliphatic rings. The normalized spacial score (nSPS) is 22.7. The van der Waals surface area contributed by atoms with Crippen molar-refractivity contribution in [3.63, 3.8) is 0 Å². The third-order valence-electron chi connectivity index (χ3n) is 6.60. The summed E-state index contributed by atoms with van der Waals surface area (Å²) in [5, 5.41) is 22.9. The van der Waals surface area contributed by atoms with E-state index in [4.69, 9.17) is 4.74 Å². The fourth-order valence-corrected chi connectivity index (χ4v) is 4.23. The highest BCUT2D eigenvalue weighted by Crippen LogP contribution is 2.57. The quantitative estimate of drug-likeness (QED) is 0.188. The van der Waals surface area contributed by atoms with Gasteiger partial charge in [-0.25, -0.2) is 4.79 Å². The molecule has 7 nitrogen and oxygen atoms in total. The maximum atomic E-state index is 13.4. The molecule has 1 fully saturated rings. The van der Waals surface area contributed by atoms with Gasteiger partial charge in [0, 0.05) is 17.9 Å². The summed E-state index contributed by atoms with van der Waals surface area (Å²) in [6, 6.07) is -3.69. The number of aliphatic hydroxyl groups is 2. The summed E-state index contributed by atoms with van der Waals surface area (Å²) in [7, 11) is 0. The number of hydrogen-bond acceptors (Lipinski definition) is 5. The highest BCUT2D eigenvalue weighted by Gasteiger charge is 2.78. The number of urea groups is 1. The second kappa shape index (κ2) is 11.7. The minimum atomic E-state index is -6.61. The van der Waals surface area contributed by atoms with E-state index >= 15 is 0 Å². The van der Waals surface area contributed by atoms with Gasteiger partial charge >= 0.3 is 36.7 Å². The summed E-state index contributed by atoms with van der Waals surface area (Å²) in [5.74, 6) is -8.00. The standard InChI is InChI=1S/C20H26F12N2O5/c1-3-9(2)13(35)39-5-4-33-14(36)34-12-7-10(15(37,17(21,22)23)18(24,25)26)6-11(8-12)16(38,19(27,28)29)20(30,31)32/h9-12,37-38H,3-8H2,1-2H3,(H2,33,34,36). The highest BCUT2D eigenvalue weighted by atomic mass is 19.4. The van der Waals surface area contributed by atoms with E-state index in [0.717, 1.165) is 0 Å². The molecule has 19 heteroatoms. The number of esters is 1. The number of hydrogen-bond donors (Lipinski definition) is 4. The van der Waals surface area contributed by atoms with Crippen LogP contribution in [0.5, 0.6) is 0 Å². The van der Waals surface area contributed by atoms with Crippen LogP contribution in [0.3, 0.4) is 0 Å². The SMILES string of the molecule is CCC(C)C(=O)OCCNC(=O)NC1CC(C(O)(C(F)(F)F)C(F)(F)F)CC(C(O)(C(F)(F)F)C(F)(F)F)C1. The van der Waals surface area contributed by atoms with E-state index in [0.29, 0.717) is 6.42 Å². The minimum Gasteiger partial charge on any atom is -0.464 e. The number of nitrogens with one attached hydrogen (secondary N) is 2. The summed E-state index contributed by atoms with van der Waals surface area (Å²) in [6.45, 7) is 2.18. The van der Waals surface area contributed by atoms with Crippen LogP contribution in [0.15, 0.2) is 0 Å². The number of amides is 2. The number of halogens is 12. The average molecular weight is 602 g/mol. The Kier molecular flexibility index (Phi) is 10.5. The molecule has 0 heterocycles. The first-order chi connectivity index (χ1) is 17.3. The molecule has 0 spiro atoms.